The van der Waals surface area contributed by atoms with Crippen LogP contribution in [0.3, 0.4) is 0 Å². The van der Waals surface area contributed by atoms with E-state index in [4.69, 9.17) is 4.74 Å². The van der Waals surface area contributed by atoms with Crippen molar-refractivity contribution in [1.29, 1.82) is 0 Å². The molecule has 2 amide bonds. The fraction of sp³-hybridized carbons (Fsp3) is 0.423. The molecule has 34 heavy (non-hydrogen) atoms. The number of ether oxygens (including phenoxy) is 1. The van der Waals surface area contributed by atoms with Crippen molar-refractivity contribution >= 4 is 17.8 Å². The number of likely N-dealkylation sites (tertiary alicyclic amines) is 1. The van der Waals surface area contributed by atoms with Gasteiger partial charge in [-0.25, -0.2) is 8.78 Å². The summed E-state index contributed by atoms with van der Waals surface area (Å²) in [5.41, 5.74) is 0.321. The number of amides is 2. The minimum absolute atomic E-state index is 0.200. The summed E-state index contributed by atoms with van der Waals surface area (Å²) < 4.78 is 32.4. The van der Waals surface area contributed by atoms with Gasteiger partial charge >= 0.3 is 5.97 Å². The Morgan fingerprint density at radius 2 is 1.68 bits per heavy atom. The average molecular weight is 473 g/mol. The van der Waals surface area contributed by atoms with Crippen molar-refractivity contribution in [2.24, 2.45) is 5.92 Å². The number of hydrogen-bond acceptors (Lipinski definition) is 4. The van der Waals surface area contributed by atoms with Crippen LogP contribution < -0.4 is 0 Å². The van der Waals surface area contributed by atoms with Crippen molar-refractivity contribution in [2.45, 2.75) is 45.7 Å². The van der Waals surface area contributed by atoms with Crippen LogP contribution in [0, 0.1) is 17.6 Å². The number of esters is 1. The summed E-state index contributed by atoms with van der Waals surface area (Å²) in [5, 5.41) is 0. The molecule has 0 radical (unpaired) electrons. The Bertz CT molecular complexity index is 1030. The predicted molar refractivity (Wildman–Crippen MR) is 123 cm³/mol. The van der Waals surface area contributed by atoms with Gasteiger partial charge in [-0.05, 0) is 51.3 Å². The summed E-state index contributed by atoms with van der Waals surface area (Å²) in [6.45, 7) is 6.30. The molecule has 0 spiro atoms. The van der Waals surface area contributed by atoms with E-state index < -0.39 is 35.0 Å². The van der Waals surface area contributed by atoms with Gasteiger partial charge in [0.2, 0.25) is 0 Å². The molecule has 1 saturated heterocycles. The Morgan fingerprint density at radius 1 is 1.03 bits per heavy atom. The highest BCUT2D eigenvalue weighted by Gasteiger charge is 2.32. The summed E-state index contributed by atoms with van der Waals surface area (Å²) in [6.07, 6.45) is 0.684. The van der Waals surface area contributed by atoms with Crippen LogP contribution in [0.1, 0.15) is 49.5 Å². The Labute approximate surface area is 198 Å². The summed E-state index contributed by atoms with van der Waals surface area (Å²) in [5.74, 6) is -3.43. The number of carbonyl (C=O) groups excluding carboxylic acids is 3. The number of halogens is 2. The number of nitrogens with zero attached hydrogens (tertiary/aromatic N) is 2. The van der Waals surface area contributed by atoms with Crippen LogP contribution in [0.25, 0.3) is 0 Å². The second-order valence-corrected chi connectivity index (χ2v) is 9.43. The van der Waals surface area contributed by atoms with Gasteiger partial charge in [-0.1, -0.05) is 30.3 Å². The molecule has 0 atom stereocenters. The van der Waals surface area contributed by atoms with Crippen molar-refractivity contribution in [3.63, 3.8) is 0 Å². The molecular formula is C26H30F2N2O4. The van der Waals surface area contributed by atoms with Crippen molar-refractivity contribution in [3.05, 3.63) is 71.3 Å². The first-order valence-electron chi connectivity index (χ1n) is 11.3. The third-order valence-corrected chi connectivity index (χ3v) is 5.91. The number of benzene rings is 2. The summed E-state index contributed by atoms with van der Waals surface area (Å²) in [6, 6.07) is 12.4. The SMILES string of the molecule is CC(C)(C)N(Cc1ccccc1)C(=O)COC(=O)C1CCN(C(=O)c2ccc(F)cc2F)CC1. The lowest BCUT2D eigenvalue weighted by Gasteiger charge is -2.36. The molecule has 8 heteroatoms. The van der Waals surface area contributed by atoms with Gasteiger partial charge in [0.15, 0.2) is 6.61 Å². The summed E-state index contributed by atoms with van der Waals surface area (Å²) in [4.78, 5) is 41.1. The van der Waals surface area contributed by atoms with Gasteiger partial charge in [-0.2, -0.15) is 0 Å². The van der Waals surface area contributed by atoms with E-state index >= 15 is 0 Å². The van der Waals surface area contributed by atoms with Crippen molar-refractivity contribution in [3.8, 4) is 0 Å². The van der Waals surface area contributed by atoms with E-state index in [9.17, 15) is 23.2 Å². The third kappa shape index (κ3) is 6.40. The quantitative estimate of drug-likeness (QED) is 0.592. The second-order valence-electron chi connectivity index (χ2n) is 9.43. The van der Waals surface area contributed by atoms with E-state index in [0.717, 1.165) is 17.7 Å². The van der Waals surface area contributed by atoms with E-state index in [2.05, 4.69) is 0 Å². The molecule has 0 aromatic heterocycles. The van der Waals surface area contributed by atoms with Gasteiger partial charge < -0.3 is 14.5 Å². The minimum Gasteiger partial charge on any atom is -0.455 e. The van der Waals surface area contributed by atoms with Crippen LogP contribution >= 0.6 is 0 Å². The molecule has 182 valence electrons. The van der Waals surface area contributed by atoms with Crippen molar-refractivity contribution in [1.82, 2.24) is 9.80 Å². The zero-order valence-corrected chi connectivity index (χ0v) is 19.7. The van der Waals surface area contributed by atoms with Crippen LogP contribution in [-0.2, 0) is 20.9 Å². The van der Waals surface area contributed by atoms with Gasteiger partial charge in [-0.15, -0.1) is 0 Å². The van der Waals surface area contributed by atoms with E-state index in [-0.39, 0.29) is 31.2 Å². The lowest BCUT2D eigenvalue weighted by Crippen LogP contribution is -2.47. The predicted octanol–water partition coefficient (Wildman–Crippen LogP) is 4.19. The summed E-state index contributed by atoms with van der Waals surface area (Å²) in [7, 11) is 0. The molecule has 1 fully saturated rings. The molecule has 2 aromatic carbocycles. The van der Waals surface area contributed by atoms with Gasteiger partial charge in [0.25, 0.3) is 11.8 Å². The van der Waals surface area contributed by atoms with Crippen molar-refractivity contribution < 1.29 is 27.9 Å². The maximum Gasteiger partial charge on any atom is 0.309 e. The molecule has 2 aromatic rings. The van der Waals surface area contributed by atoms with E-state index in [1.54, 1.807) is 4.90 Å². The minimum atomic E-state index is -0.913. The lowest BCUT2D eigenvalue weighted by atomic mass is 9.96. The van der Waals surface area contributed by atoms with E-state index in [1.807, 2.05) is 51.1 Å². The molecular weight excluding hydrogens is 442 g/mol. The maximum absolute atomic E-state index is 13.9. The summed E-state index contributed by atoms with van der Waals surface area (Å²) >= 11 is 0. The molecule has 0 bridgehead atoms. The highest BCUT2D eigenvalue weighted by molar-refractivity contribution is 5.94. The smallest absolute Gasteiger partial charge is 0.309 e. The molecule has 0 aliphatic carbocycles. The van der Waals surface area contributed by atoms with E-state index in [0.29, 0.717) is 25.5 Å². The second kappa shape index (κ2) is 10.8. The normalized spacial score (nSPS) is 14.6. The van der Waals surface area contributed by atoms with E-state index in [1.165, 1.54) is 4.90 Å². The van der Waals surface area contributed by atoms with Crippen LogP contribution in [0.15, 0.2) is 48.5 Å². The zero-order chi connectivity index (χ0) is 24.9. The zero-order valence-electron chi connectivity index (χ0n) is 19.7. The Kier molecular flexibility index (Phi) is 8.02. The largest absolute Gasteiger partial charge is 0.455 e. The first kappa shape index (κ1) is 25.3. The fourth-order valence-corrected chi connectivity index (χ4v) is 3.95. The van der Waals surface area contributed by atoms with Gasteiger partial charge in [0.1, 0.15) is 11.6 Å². The number of carbonyl (C=O) groups is 3. The number of hydrogen-bond donors (Lipinski definition) is 0. The molecule has 6 nitrogen and oxygen atoms in total. The molecule has 1 aliphatic heterocycles. The van der Waals surface area contributed by atoms with Gasteiger partial charge in [0.05, 0.1) is 11.5 Å². The number of rotatable bonds is 6. The Balaban J connectivity index is 1.52. The average Bonchev–Trinajstić information content (AvgIpc) is 2.80. The molecule has 3 rings (SSSR count). The topological polar surface area (TPSA) is 66.9 Å². The Hall–Kier alpha value is -3.29. The van der Waals surface area contributed by atoms with Crippen molar-refractivity contribution in [2.75, 3.05) is 19.7 Å². The van der Waals surface area contributed by atoms with Crippen LogP contribution in [-0.4, -0.2) is 52.8 Å². The molecule has 1 aliphatic rings. The first-order valence-corrected chi connectivity index (χ1v) is 11.3. The maximum atomic E-state index is 13.9. The monoisotopic (exact) mass is 472 g/mol. The standard InChI is InChI=1S/C26H30F2N2O4/c1-26(2,3)30(16-18-7-5-4-6-8-18)23(31)17-34-25(33)19-11-13-29(14-12-19)24(32)21-10-9-20(27)15-22(21)28/h4-10,15,19H,11-14,16-17H2,1-3H3. The van der Waals surface area contributed by atoms with Crippen LogP contribution in [0.4, 0.5) is 8.78 Å². The highest BCUT2D eigenvalue weighted by atomic mass is 19.1. The third-order valence-electron chi connectivity index (χ3n) is 5.91. The number of piperidine rings is 1. The lowest BCUT2D eigenvalue weighted by molar-refractivity contribution is -0.158. The Morgan fingerprint density at radius 3 is 2.26 bits per heavy atom. The van der Waals surface area contributed by atoms with Gasteiger partial charge in [-0.3, -0.25) is 14.4 Å². The molecule has 1 heterocycles. The molecule has 0 N–H and O–H groups in total. The fourth-order valence-electron chi connectivity index (χ4n) is 3.95. The van der Waals surface area contributed by atoms with Gasteiger partial charge in [0, 0.05) is 31.2 Å². The first-order chi connectivity index (χ1) is 16.1. The highest BCUT2D eigenvalue weighted by Crippen LogP contribution is 2.22. The molecule has 0 saturated carbocycles. The molecule has 0 unspecified atom stereocenters. The van der Waals surface area contributed by atoms with Crippen LogP contribution in [0.5, 0.6) is 0 Å². The van der Waals surface area contributed by atoms with Crippen LogP contribution in [0.2, 0.25) is 0 Å².